The van der Waals surface area contributed by atoms with Crippen LogP contribution in [-0.2, 0) is 16.1 Å². The number of nitriles is 1. The van der Waals surface area contributed by atoms with Crippen LogP contribution < -0.4 is 5.32 Å². The van der Waals surface area contributed by atoms with Gasteiger partial charge in [0.15, 0.2) is 6.10 Å². The molecule has 3 rings (SSSR count). The first-order valence-electron chi connectivity index (χ1n) is 10.2. The quantitative estimate of drug-likeness (QED) is 0.691. The average molecular weight is 409 g/mol. The molecule has 1 fully saturated rings. The molecular weight excluding hydrogens is 382 g/mol. The monoisotopic (exact) mass is 409 g/mol. The summed E-state index contributed by atoms with van der Waals surface area (Å²) in [4.78, 5) is 27.1. The van der Waals surface area contributed by atoms with Gasteiger partial charge in [-0.05, 0) is 44.0 Å². The van der Waals surface area contributed by atoms with Crippen LogP contribution in [0.3, 0.4) is 0 Å². The van der Waals surface area contributed by atoms with Gasteiger partial charge in [-0.2, -0.15) is 5.26 Å². The third-order valence-electron chi connectivity index (χ3n) is 5.67. The van der Waals surface area contributed by atoms with Crippen molar-refractivity contribution in [2.75, 3.05) is 12.4 Å². The Balaban J connectivity index is 1.66. The highest BCUT2D eigenvalue weighted by Gasteiger charge is 2.40. The number of rotatable bonds is 7. The van der Waals surface area contributed by atoms with Crippen LogP contribution in [0.15, 0.2) is 47.1 Å². The van der Waals surface area contributed by atoms with E-state index in [9.17, 15) is 14.9 Å². The van der Waals surface area contributed by atoms with Gasteiger partial charge < -0.3 is 19.4 Å². The molecular formula is C23H27N3O4. The SMILES string of the molecule is C[C@H](OC(=O)c1ccccc1NCc1ccco1)C(=O)N(C)C1(C#N)CCCCC1. The number of anilines is 1. The molecule has 1 atom stereocenters. The van der Waals surface area contributed by atoms with Gasteiger partial charge >= 0.3 is 5.97 Å². The van der Waals surface area contributed by atoms with Crippen molar-refractivity contribution in [3.05, 3.63) is 54.0 Å². The number of benzene rings is 1. The van der Waals surface area contributed by atoms with E-state index in [2.05, 4.69) is 11.4 Å². The van der Waals surface area contributed by atoms with Crippen LogP contribution >= 0.6 is 0 Å². The Bertz CT molecular complexity index is 911. The number of carbonyl (C=O) groups is 2. The van der Waals surface area contributed by atoms with E-state index in [1.165, 1.54) is 4.90 Å². The van der Waals surface area contributed by atoms with E-state index >= 15 is 0 Å². The van der Waals surface area contributed by atoms with Gasteiger partial charge in [0.1, 0.15) is 11.3 Å². The first-order chi connectivity index (χ1) is 14.5. The summed E-state index contributed by atoms with van der Waals surface area (Å²) in [5, 5.41) is 12.9. The Morgan fingerprint density at radius 2 is 1.97 bits per heavy atom. The van der Waals surface area contributed by atoms with Gasteiger partial charge in [0.05, 0.1) is 24.4 Å². The van der Waals surface area contributed by atoms with Crippen LogP contribution in [0.4, 0.5) is 5.69 Å². The van der Waals surface area contributed by atoms with Gasteiger partial charge in [0.2, 0.25) is 0 Å². The molecule has 0 spiro atoms. The smallest absolute Gasteiger partial charge is 0.341 e. The number of nitrogens with one attached hydrogen (secondary N) is 1. The van der Waals surface area contributed by atoms with Gasteiger partial charge in [-0.15, -0.1) is 0 Å². The summed E-state index contributed by atoms with van der Waals surface area (Å²) in [6, 6.07) is 12.9. The van der Waals surface area contributed by atoms with Crippen LogP contribution in [0.5, 0.6) is 0 Å². The van der Waals surface area contributed by atoms with Crippen LogP contribution in [-0.4, -0.2) is 35.5 Å². The highest BCUT2D eigenvalue weighted by molar-refractivity contribution is 5.97. The Kier molecular flexibility index (Phi) is 6.78. The summed E-state index contributed by atoms with van der Waals surface area (Å²) in [6.07, 6.45) is 4.77. The van der Waals surface area contributed by atoms with Crippen molar-refractivity contribution in [1.82, 2.24) is 4.90 Å². The van der Waals surface area contributed by atoms with E-state index in [-0.39, 0.29) is 5.91 Å². The standard InChI is InChI=1S/C23H27N3O4/c1-17(21(27)26(2)23(16-24)12-6-3-7-13-23)30-22(28)19-10-4-5-11-20(19)25-15-18-9-8-14-29-18/h4-5,8-11,14,17,25H,3,6-7,12-13,15H2,1-2H3/t17-/m0/s1. The number of ether oxygens (including phenoxy) is 1. The maximum Gasteiger partial charge on any atom is 0.341 e. The summed E-state index contributed by atoms with van der Waals surface area (Å²) >= 11 is 0. The zero-order valence-corrected chi connectivity index (χ0v) is 17.4. The van der Waals surface area contributed by atoms with E-state index < -0.39 is 17.6 Å². The third-order valence-corrected chi connectivity index (χ3v) is 5.67. The Morgan fingerprint density at radius 3 is 2.63 bits per heavy atom. The summed E-state index contributed by atoms with van der Waals surface area (Å²) in [7, 11) is 1.63. The van der Waals surface area contributed by atoms with Crippen molar-refractivity contribution < 1.29 is 18.7 Å². The second-order valence-corrected chi connectivity index (χ2v) is 7.63. The summed E-state index contributed by atoms with van der Waals surface area (Å²) < 4.78 is 10.8. The van der Waals surface area contributed by atoms with Crippen LogP contribution in [0, 0.1) is 11.3 Å². The van der Waals surface area contributed by atoms with Crippen molar-refractivity contribution in [2.45, 2.75) is 57.2 Å². The number of para-hydroxylation sites is 1. The fraction of sp³-hybridized carbons (Fsp3) is 0.435. The zero-order valence-electron chi connectivity index (χ0n) is 17.4. The molecule has 1 aliphatic carbocycles. The third kappa shape index (κ3) is 4.65. The molecule has 0 saturated heterocycles. The van der Waals surface area contributed by atoms with Gasteiger partial charge in [0.25, 0.3) is 5.91 Å². The predicted octanol–water partition coefficient (Wildman–Crippen LogP) is 4.12. The minimum Gasteiger partial charge on any atom is -0.467 e. The lowest BCUT2D eigenvalue weighted by Gasteiger charge is -2.39. The molecule has 158 valence electrons. The normalized spacial score (nSPS) is 16.2. The number of esters is 1. The molecule has 1 N–H and O–H groups in total. The first kappa shape index (κ1) is 21.4. The molecule has 0 unspecified atom stereocenters. The molecule has 1 amide bonds. The Morgan fingerprint density at radius 1 is 1.23 bits per heavy atom. The van der Waals surface area contributed by atoms with Crippen LogP contribution in [0.25, 0.3) is 0 Å². The number of likely N-dealkylation sites (N-methyl/N-ethyl adjacent to an activating group) is 1. The van der Waals surface area contributed by atoms with E-state index in [0.29, 0.717) is 30.6 Å². The minimum atomic E-state index is -0.993. The van der Waals surface area contributed by atoms with E-state index in [4.69, 9.17) is 9.15 Å². The fourth-order valence-corrected chi connectivity index (χ4v) is 3.83. The largest absolute Gasteiger partial charge is 0.467 e. The van der Waals surface area contributed by atoms with Crippen molar-refractivity contribution in [3.63, 3.8) is 0 Å². The molecule has 1 heterocycles. The highest BCUT2D eigenvalue weighted by atomic mass is 16.5. The first-order valence-corrected chi connectivity index (χ1v) is 10.2. The fourth-order valence-electron chi connectivity index (χ4n) is 3.83. The number of carbonyl (C=O) groups excluding carboxylic acids is 2. The zero-order chi connectivity index (χ0) is 21.6. The van der Waals surface area contributed by atoms with Crippen molar-refractivity contribution >= 4 is 17.6 Å². The number of nitrogens with zero attached hydrogens (tertiary/aromatic N) is 2. The second kappa shape index (κ2) is 9.49. The molecule has 0 radical (unpaired) electrons. The van der Waals surface area contributed by atoms with Crippen molar-refractivity contribution in [3.8, 4) is 6.07 Å². The van der Waals surface area contributed by atoms with Crippen LogP contribution in [0.2, 0.25) is 0 Å². The lowest BCUT2D eigenvalue weighted by Crippen LogP contribution is -2.53. The molecule has 0 bridgehead atoms. The molecule has 30 heavy (non-hydrogen) atoms. The predicted molar refractivity (Wildman–Crippen MR) is 112 cm³/mol. The highest BCUT2D eigenvalue weighted by Crippen LogP contribution is 2.33. The molecule has 7 heteroatoms. The molecule has 1 aliphatic rings. The summed E-state index contributed by atoms with van der Waals surface area (Å²) in [5.74, 6) is -0.230. The molecule has 0 aliphatic heterocycles. The van der Waals surface area contributed by atoms with Gasteiger partial charge in [-0.1, -0.05) is 31.4 Å². The molecule has 1 aromatic heterocycles. The van der Waals surface area contributed by atoms with Crippen molar-refractivity contribution in [2.24, 2.45) is 0 Å². The lowest BCUT2D eigenvalue weighted by molar-refractivity contribution is -0.143. The van der Waals surface area contributed by atoms with Crippen molar-refractivity contribution in [1.29, 1.82) is 5.26 Å². The molecule has 7 nitrogen and oxygen atoms in total. The summed E-state index contributed by atoms with van der Waals surface area (Å²) in [6.45, 7) is 1.96. The Hall–Kier alpha value is -3.27. The van der Waals surface area contributed by atoms with Crippen LogP contribution in [0.1, 0.15) is 55.1 Å². The topological polar surface area (TPSA) is 95.6 Å². The average Bonchev–Trinajstić information content (AvgIpc) is 3.31. The lowest BCUT2D eigenvalue weighted by atomic mass is 9.81. The second-order valence-electron chi connectivity index (χ2n) is 7.63. The number of hydrogen-bond acceptors (Lipinski definition) is 6. The van der Waals surface area contributed by atoms with E-state index in [1.54, 1.807) is 44.5 Å². The van der Waals surface area contributed by atoms with Gasteiger partial charge in [-0.25, -0.2) is 4.79 Å². The summed E-state index contributed by atoms with van der Waals surface area (Å²) in [5.41, 5.74) is 0.102. The maximum atomic E-state index is 12.9. The molecule has 1 aromatic carbocycles. The van der Waals surface area contributed by atoms with Gasteiger partial charge in [-0.3, -0.25) is 4.79 Å². The van der Waals surface area contributed by atoms with E-state index in [1.807, 2.05) is 12.1 Å². The minimum absolute atomic E-state index is 0.332. The van der Waals surface area contributed by atoms with E-state index in [0.717, 1.165) is 25.0 Å². The number of hydrogen-bond donors (Lipinski definition) is 1. The number of amides is 1. The molecule has 1 saturated carbocycles. The Labute approximate surface area is 176 Å². The van der Waals surface area contributed by atoms with Gasteiger partial charge in [0, 0.05) is 12.7 Å². The maximum absolute atomic E-state index is 12.9. The molecule has 2 aromatic rings. The number of furan rings is 1.